The molecular formula is C19H23N3S. The number of hydrogen-bond donors (Lipinski definition) is 2. The van der Waals surface area contributed by atoms with Gasteiger partial charge >= 0.3 is 0 Å². The van der Waals surface area contributed by atoms with E-state index in [2.05, 4.69) is 39.8 Å². The van der Waals surface area contributed by atoms with Crippen molar-refractivity contribution in [2.45, 2.75) is 25.9 Å². The van der Waals surface area contributed by atoms with Gasteiger partial charge in [0.1, 0.15) is 0 Å². The van der Waals surface area contributed by atoms with Gasteiger partial charge in [-0.05, 0) is 61.4 Å². The molecule has 1 aliphatic heterocycles. The maximum atomic E-state index is 5.39. The number of para-hydroxylation sites is 1. The maximum absolute atomic E-state index is 5.39. The Morgan fingerprint density at radius 2 is 1.57 bits per heavy atom. The summed E-state index contributed by atoms with van der Waals surface area (Å²) in [6.45, 7) is 4.23. The summed E-state index contributed by atoms with van der Waals surface area (Å²) >= 11 is 5.39. The summed E-state index contributed by atoms with van der Waals surface area (Å²) in [5.41, 5.74) is 3.72. The molecule has 0 saturated carbocycles. The van der Waals surface area contributed by atoms with Crippen LogP contribution in [0.2, 0.25) is 0 Å². The molecule has 2 aromatic rings. The Kier molecular flexibility index (Phi) is 5.61. The van der Waals surface area contributed by atoms with Crippen LogP contribution in [0.15, 0.2) is 54.6 Å². The summed E-state index contributed by atoms with van der Waals surface area (Å²) in [7, 11) is 0. The fourth-order valence-electron chi connectivity index (χ4n) is 2.94. The number of rotatable bonds is 5. The van der Waals surface area contributed by atoms with E-state index < -0.39 is 0 Å². The van der Waals surface area contributed by atoms with Crippen LogP contribution in [0.3, 0.4) is 0 Å². The second-order valence-corrected chi connectivity index (χ2v) is 6.33. The molecule has 1 aliphatic rings. The van der Waals surface area contributed by atoms with E-state index in [1.165, 1.54) is 37.1 Å². The average Bonchev–Trinajstić information content (AvgIpc) is 3.08. The molecule has 4 heteroatoms. The molecule has 0 bridgehead atoms. The topological polar surface area (TPSA) is 27.3 Å². The Balaban J connectivity index is 1.56. The SMILES string of the molecule is S=C(NCc1ccccc1CN1CCCC1)Nc1ccccc1. The van der Waals surface area contributed by atoms with Gasteiger partial charge in [0.15, 0.2) is 5.11 Å². The first-order valence-corrected chi connectivity index (χ1v) is 8.61. The number of hydrogen-bond acceptors (Lipinski definition) is 2. The summed E-state index contributed by atoms with van der Waals surface area (Å²) < 4.78 is 0. The predicted molar refractivity (Wildman–Crippen MR) is 100 cm³/mol. The van der Waals surface area contributed by atoms with Crippen LogP contribution in [0.5, 0.6) is 0 Å². The van der Waals surface area contributed by atoms with E-state index in [9.17, 15) is 0 Å². The van der Waals surface area contributed by atoms with E-state index in [-0.39, 0.29) is 0 Å². The highest BCUT2D eigenvalue weighted by Crippen LogP contribution is 2.16. The molecule has 1 saturated heterocycles. The molecule has 0 aromatic heterocycles. The van der Waals surface area contributed by atoms with E-state index >= 15 is 0 Å². The van der Waals surface area contributed by atoms with Crippen LogP contribution >= 0.6 is 12.2 Å². The number of nitrogens with zero attached hydrogens (tertiary/aromatic N) is 1. The van der Waals surface area contributed by atoms with Crippen molar-refractivity contribution in [1.29, 1.82) is 0 Å². The molecule has 23 heavy (non-hydrogen) atoms. The van der Waals surface area contributed by atoms with Crippen LogP contribution in [-0.2, 0) is 13.1 Å². The molecule has 2 aromatic carbocycles. The molecule has 0 unspecified atom stereocenters. The molecule has 3 rings (SSSR count). The van der Waals surface area contributed by atoms with Gasteiger partial charge in [-0.3, -0.25) is 4.90 Å². The van der Waals surface area contributed by atoms with Crippen LogP contribution in [0.1, 0.15) is 24.0 Å². The lowest BCUT2D eigenvalue weighted by Crippen LogP contribution is -2.28. The first-order valence-electron chi connectivity index (χ1n) is 8.20. The van der Waals surface area contributed by atoms with Gasteiger partial charge in [-0.1, -0.05) is 42.5 Å². The zero-order valence-electron chi connectivity index (χ0n) is 13.3. The van der Waals surface area contributed by atoms with Crippen molar-refractivity contribution in [3.63, 3.8) is 0 Å². The van der Waals surface area contributed by atoms with Gasteiger partial charge in [-0.2, -0.15) is 0 Å². The molecular weight excluding hydrogens is 302 g/mol. The summed E-state index contributed by atoms with van der Waals surface area (Å²) in [6, 6.07) is 18.6. The molecule has 0 aliphatic carbocycles. The van der Waals surface area contributed by atoms with Crippen molar-refractivity contribution >= 4 is 23.0 Å². The molecule has 1 heterocycles. The van der Waals surface area contributed by atoms with Crippen molar-refractivity contribution in [2.75, 3.05) is 18.4 Å². The van der Waals surface area contributed by atoms with Gasteiger partial charge in [0, 0.05) is 18.8 Å². The fourth-order valence-corrected chi connectivity index (χ4v) is 3.13. The standard InChI is InChI=1S/C19H23N3S/c23-19(21-18-10-2-1-3-11-18)20-14-16-8-4-5-9-17(16)15-22-12-6-7-13-22/h1-5,8-11H,6-7,12-15H2,(H2,20,21,23). The van der Waals surface area contributed by atoms with E-state index in [0.29, 0.717) is 5.11 Å². The zero-order valence-corrected chi connectivity index (χ0v) is 14.1. The minimum atomic E-state index is 0.659. The monoisotopic (exact) mass is 325 g/mol. The molecule has 3 nitrogen and oxygen atoms in total. The zero-order chi connectivity index (χ0) is 15.9. The van der Waals surface area contributed by atoms with Crippen LogP contribution < -0.4 is 10.6 Å². The third-order valence-electron chi connectivity index (χ3n) is 4.18. The third-order valence-corrected chi connectivity index (χ3v) is 4.43. The molecule has 2 N–H and O–H groups in total. The fraction of sp³-hybridized carbons (Fsp3) is 0.316. The number of thiocarbonyl (C=S) groups is 1. The summed E-state index contributed by atoms with van der Waals surface area (Å²) in [5.74, 6) is 0. The normalized spacial score (nSPS) is 14.6. The first kappa shape index (κ1) is 16.0. The Hall–Kier alpha value is -1.91. The molecule has 1 fully saturated rings. The lowest BCUT2D eigenvalue weighted by atomic mass is 10.1. The quantitative estimate of drug-likeness (QED) is 0.818. The minimum Gasteiger partial charge on any atom is -0.358 e. The van der Waals surface area contributed by atoms with E-state index in [1.54, 1.807) is 0 Å². The summed E-state index contributed by atoms with van der Waals surface area (Å²) in [4.78, 5) is 2.53. The van der Waals surface area contributed by atoms with Crippen LogP contribution in [0.4, 0.5) is 5.69 Å². The second kappa shape index (κ2) is 8.09. The maximum Gasteiger partial charge on any atom is 0.171 e. The van der Waals surface area contributed by atoms with Crippen molar-refractivity contribution in [3.8, 4) is 0 Å². The van der Waals surface area contributed by atoms with Gasteiger partial charge in [-0.25, -0.2) is 0 Å². The van der Waals surface area contributed by atoms with Crippen molar-refractivity contribution in [2.24, 2.45) is 0 Å². The Morgan fingerprint density at radius 3 is 2.30 bits per heavy atom. The minimum absolute atomic E-state index is 0.659. The number of likely N-dealkylation sites (tertiary alicyclic amines) is 1. The second-order valence-electron chi connectivity index (χ2n) is 5.93. The number of anilines is 1. The Labute approximate surface area is 143 Å². The molecule has 0 radical (unpaired) electrons. The van der Waals surface area contributed by atoms with Gasteiger partial charge in [0.05, 0.1) is 0 Å². The van der Waals surface area contributed by atoms with Crippen molar-refractivity contribution < 1.29 is 0 Å². The predicted octanol–water partition coefficient (Wildman–Crippen LogP) is 3.77. The van der Waals surface area contributed by atoms with E-state index in [4.69, 9.17) is 12.2 Å². The average molecular weight is 325 g/mol. The van der Waals surface area contributed by atoms with Crippen molar-refractivity contribution in [3.05, 3.63) is 65.7 Å². The smallest absolute Gasteiger partial charge is 0.171 e. The third kappa shape index (κ3) is 4.78. The summed E-state index contributed by atoms with van der Waals surface area (Å²) in [5, 5.41) is 7.19. The largest absolute Gasteiger partial charge is 0.358 e. The molecule has 0 spiro atoms. The number of nitrogens with one attached hydrogen (secondary N) is 2. The lowest BCUT2D eigenvalue weighted by Gasteiger charge is -2.18. The molecule has 120 valence electrons. The van der Waals surface area contributed by atoms with Crippen LogP contribution in [0.25, 0.3) is 0 Å². The molecule has 0 amide bonds. The van der Waals surface area contributed by atoms with Crippen LogP contribution in [-0.4, -0.2) is 23.1 Å². The van der Waals surface area contributed by atoms with Gasteiger partial charge in [0.2, 0.25) is 0 Å². The van der Waals surface area contributed by atoms with Gasteiger partial charge in [0.25, 0.3) is 0 Å². The molecule has 0 atom stereocenters. The van der Waals surface area contributed by atoms with Gasteiger partial charge in [-0.15, -0.1) is 0 Å². The van der Waals surface area contributed by atoms with E-state index in [0.717, 1.165) is 18.8 Å². The first-order chi connectivity index (χ1) is 11.3. The van der Waals surface area contributed by atoms with E-state index in [1.807, 2.05) is 30.3 Å². The lowest BCUT2D eigenvalue weighted by molar-refractivity contribution is 0.330. The van der Waals surface area contributed by atoms with Crippen LogP contribution in [0, 0.1) is 0 Å². The van der Waals surface area contributed by atoms with Gasteiger partial charge < -0.3 is 10.6 Å². The Bertz CT molecular complexity index is 636. The number of benzene rings is 2. The highest BCUT2D eigenvalue weighted by atomic mass is 32.1. The Morgan fingerprint density at radius 1 is 0.913 bits per heavy atom. The van der Waals surface area contributed by atoms with Crippen molar-refractivity contribution in [1.82, 2.24) is 10.2 Å². The highest BCUT2D eigenvalue weighted by Gasteiger charge is 2.13. The highest BCUT2D eigenvalue weighted by molar-refractivity contribution is 7.80. The summed E-state index contributed by atoms with van der Waals surface area (Å²) in [6.07, 6.45) is 2.65.